The molecule has 2 aromatic carbocycles. The first kappa shape index (κ1) is 42.7. The molecule has 0 spiro atoms. The molecular weight excluding hydrogens is 656 g/mol. The lowest BCUT2D eigenvalue weighted by Gasteiger charge is -2.43. The van der Waals surface area contributed by atoms with Crippen LogP contribution in [0.2, 0.25) is 5.04 Å². The molecule has 10 nitrogen and oxygen atoms in total. The summed E-state index contributed by atoms with van der Waals surface area (Å²) in [5.41, 5.74) is 0. The quantitative estimate of drug-likeness (QED) is 0.0631. The minimum Gasteiger partial charge on any atom is -0.405 e. The highest BCUT2D eigenvalue weighted by Crippen LogP contribution is 2.36. The van der Waals surface area contributed by atoms with Gasteiger partial charge in [0, 0.05) is 5.88 Å². The summed E-state index contributed by atoms with van der Waals surface area (Å²) >= 11 is 5.52. The Morgan fingerprint density at radius 1 is 0.396 bits per heavy atom. The maximum absolute atomic E-state index is 6.84. The van der Waals surface area contributed by atoms with Gasteiger partial charge in [-0.05, 0) is 15.4 Å². The number of rotatable bonds is 32. The molecule has 2 aromatic rings. The van der Waals surface area contributed by atoms with Crippen LogP contribution in [0.25, 0.3) is 0 Å². The van der Waals surface area contributed by atoms with Crippen molar-refractivity contribution in [3.05, 3.63) is 60.7 Å². The first-order chi connectivity index (χ1) is 23.5. The van der Waals surface area contributed by atoms with Crippen LogP contribution in [-0.2, 0) is 47.1 Å². The average molecular weight is 715 g/mol. The maximum Gasteiger partial charge on any atom is 0.261 e. The van der Waals surface area contributed by atoms with E-state index in [4.69, 9.17) is 58.7 Å². The number of alkyl halides is 1. The summed E-state index contributed by atoms with van der Waals surface area (Å²) in [6.45, 7) is 16.7. The van der Waals surface area contributed by atoms with E-state index >= 15 is 0 Å². The molecule has 0 unspecified atom stereocenters. The van der Waals surface area contributed by atoms with Crippen LogP contribution in [0.4, 0.5) is 0 Å². The van der Waals surface area contributed by atoms with Crippen molar-refractivity contribution in [2.75, 3.05) is 131 Å². The molecule has 0 saturated heterocycles. The Balaban J connectivity index is 1.37. The molecule has 0 aliphatic rings. The first-order valence-corrected chi connectivity index (χ1v) is 19.5. The summed E-state index contributed by atoms with van der Waals surface area (Å²) in [4.78, 5) is 0. The SMILES string of the molecule is CC(C)(C)[Si](OCCOCCOCCOCCOCCOCCOCCOCCOCCOCCCl)(c1ccccc1)c1ccccc1. The Morgan fingerprint density at radius 3 is 0.896 bits per heavy atom. The van der Waals surface area contributed by atoms with Gasteiger partial charge in [0.2, 0.25) is 0 Å². The van der Waals surface area contributed by atoms with Crippen LogP contribution in [0.5, 0.6) is 0 Å². The summed E-state index contributed by atoms with van der Waals surface area (Å²) in [6.07, 6.45) is 0. The molecule has 12 heteroatoms. The van der Waals surface area contributed by atoms with E-state index in [0.717, 1.165) is 0 Å². The van der Waals surface area contributed by atoms with Gasteiger partial charge in [0.05, 0.1) is 126 Å². The maximum atomic E-state index is 6.84. The van der Waals surface area contributed by atoms with Crippen molar-refractivity contribution in [1.82, 2.24) is 0 Å². The zero-order chi connectivity index (χ0) is 34.4. The fourth-order valence-corrected chi connectivity index (χ4v) is 9.59. The Labute approximate surface area is 294 Å². The van der Waals surface area contributed by atoms with Gasteiger partial charge in [0.25, 0.3) is 8.32 Å². The Hall–Kier alpha value is -1.45. The van der Waals surface area contributed by atoms with E-state index in [-0.39, 0.29) is 5.04 Å². The minimum atomic E-state index is -2.53. The Bertz CT molecular complexity index is 944. The summed E-state index contributed by atoms with van der Waals surface area (Å²) in [6, 6.07) is 21.3. The Kier molecular flexibility index (Phi) is 25.2. The summed E-state index contributed by atoms with van der Waals surface area (Å²) < 4.78 is 56.4. The molecule has 0 aliphatic carbocycles. The second-order valence-electron chi connectivity index (χ2n) is 11.7. The van der Waals surface area contributed by atoms with E-state index in [1.54, 1.807) is 0 Å². The van der Waals surface area contributed by atoms with Crippen LogP contribution < -0.4 is 10.4 Å². The fraction of sp³-hybridized carbons (Fsp3) is 0.667. The van der Waals surface area contributed by atoms with Crippen LogP contribution in [-0.4, -0.2) is 140 Å². The normalized spacial score (nSPS) is 12.2. The molecule has 0 saturated carbocycles. The third kappa shape index (κ3) is 18.5. The van der Waals surface area contributed by atoms with Crippen molar-refractivity contribution in [2.45, 2.75) is 25.8 Å². The zero-order valence-corrected chi connectivity index (χ0v) is 31.1. The highest BCUT2D eigenvalue weighted by molar-refractivity contribution is 6.99. The predicted octanol–water partition coefficient (Wildman–Crippen LogP) is 3.95. The van der Waals surface area contributed by atoms with Crippen molar-refractivity contribution in [3.8, 4) is 0 Å². The van der Waals surface area contributed by atoms with E-state index in [1.165, 1.54) is 10.4 Å². The fourth-order valence-electron chi connectivity index (χ4n) is 4.93. The monoisotopic (exact) mass is 714 g/mol. The lowest BCUT2D eigenvalue weighted by atomic mass is 10.2. The highest BCUT2D eigenvalue weighted by Gasteiger charge is 2.50. The standard InChI is InChI=1S/C36H59ClO10Si/c1-36(2,3)48(34-10-6-4-7-11-34,35-12-8-5-9-13-35)47-33-32-46-31-30-45-29-28-44-27-26-43-25-24-42-23-22-41-21-20-40-19-18-39-17-16-38-15-14-37/h4-13H,14-33H2,1-3H3. The van der Waals surface area contributed by atoms with Crippen molar-refractivity contribution < 1.29 is 47.1 Å². The summed E-state index contributed by atoms with van der Waals surface area (Å²) in [5, 5.41) is 2.48. The van der Waals surface area contributed by atoms with Crippen molar-refractivity contribution in [2.24, 2.45) is 0 Å². The molecule has 0 N–H and O–H groups in total. The number of benzene rings is 2. The first-order valence-electron chi connectivity index (χ1n) is 17.0. The predicted molar refractivity (Wildman–Crippen MR) is 192 cm³/mol. The van der Waals surface area contributed by atoms with Crippen LogP contribution in [0.3, 0.4) is 0 Å². The largest absolute Gasteiger partial charge is 0.405 e. The van der Waals surface area contributed by atoms with Gasteiger partial charge < -0.3 is 47.1 Å². The number of halogens is 1. The van der Waals surface area contributed by atoms with Crippen molar-refractivity contribution >= 4 is 30.3 Å². The molecule has 0 radical (unpaired) electrons. The molecule has 0 fully saturated rings. The zero-order valence-electron chi connectivity index (χ0n) is 29.4. The Morgan fingerprint density at radius 2 is 0.646 bits per heavy atom. The smallest absolute Gasteiger partial charge is 0.261 e. The third-order valence-corrected chi connectivity index (χ3v) is 12.4. The summed E-state index contributed by atoms with van der Waals surface area (Å²) in [7, 11) is -2.53. The van der Waals surface area contributed by atoms with E-state index in [9.17, 15) is 0 Å². The molecule has 0 amide bonds. The van der Waals surface area contributed by atoms with Crippen LogP contribution in [0.15, 0.2) is 60.7 Å². The van der Waals surface area contributed by atoms with Gasteiger partial charge in [-0.2, -0.15) is 0 Å². The molecule has 48 heavy (non-hydrogen) atoms. The number of hydrogen-bond acceptors (Lipinski definition) is 10. The van der Waals surface area contributed by atoms with Gasteiger partial charge in [-0.25, -0.2) is 0 Å². The molecule has 0 atom stereocenters. The molecule has 0 aromatic heterocycles. The molecule has 0 heterocycles. The molecule has 0 aliphatic heterocycles. The highest BCUT2D eigenvalue weighted by atomic mass is 35.5. The van der Waals surface area contributed by atoms with E-state index in [0.29, 0.717) is 131 Å². The van der Waals surface area contributed by atoms with E-state index in [1.807, 2.05) is 0 Å². The van der Waals surface area contributed by atoms with Gasteiger partial charge >= 0.3 is 0 Å². The number of hydrogen-bond donors (Lipinski definition) is 0. The van der Waals surface area contributed by atoms with Gasteiger partial charge in [-0.1, -0.05) is 81.4 Å². The van der Waals surface area contributed by atoms with Gasteiger partial charge in [0.1, 0.15) is 0 Å². The summed E-state index contributed by atoms with van der Waals surface area (Å²) in [5.74, 6) is 0.498. The molecule has 274 valence electrons. The van der Waals surface area contributed by atoms with Crippen molar-refractivity contribution in [3.63, 3.8) is 0 Å². The second kappa shape index (κ2) is 28.3. The molecule has 2 rings (SSSR count). The van der Waals surface area contributed by atoms with Crippen LogP contribution in [0, 0.1) is 0 Å². The topological polar surface area (TPSA) is 92.3 Å². The van der Waals surface area contributed by atoms with Crippen LogP contribution in [0.1, 0.15) is 20.8 Å². The minimum absolute atomic E-state index is 0.0534. The van der Waals surface area contributed by atoms with Gasteiger partial charge in [0.15, 0.2) is 0 Å². The molecular formula is C36H59ClO10Si. The lowest BCUT2D eigenvalue weighted by molar-refractivity contribution is -0.0252. The lowest BCUT2D eigenvalue weighted by Crippen LogP contribution is -2.66. The van der Waals surface area contributed by atoms with Crippen LogP contribution >= 0.6 is 11.6 Å². The average Bonchev–Trinajstić information content (AvgIpc) is 3.09. The third-order valence-electron chi connectivity index (χ3n) is 7.16. The number of ether oxygens (including phenoxy) is 9. The van der Waals surface area contributed by atoms with E-state index < -0.39 is 8.32 Å². The second-order valence-corrected chi connectivity index (χ2v) is 16.4. The van der Waals surface area contributed by atoms with Gasteiger partial charge in [-0.15, -0.1) is 11.6 Å². The van der Waals surface area contributed by atoms with E-state index in [2.05, 4.69) is 81.4 Å². The molecule has 0 bridgehead atoms. The van der Waals surface area contributed by atoms with Gasteiger partial charge in [-0.3, -0.25) is 0 Å². The van der Waals surface area contributed by atoms with Crippen molar-refractivity contribution in [1.29, 1.82) is 0 Å².